The van der Waals surface area contributed by atoms with Crippen molar-refractivity contribution in [3.63, 3.8) is 0 Å². The largest absolute Gasteiger partial charge is 0.490 e. The minimum atomic E-state index is -0.668. The minimum Gasteiger partial charge on any atom is -0.490 e. The molecule has 2 heterocycles. The van der Waals surface area contributed by atoms with Crippen molar-refractivity contribution in [3.8, 4) is 5.75 Å². The van der Waals surface area contributed by atoms with Gasteiger partial charge in [0.2, 0.25) is 5.55 Å². The molecule has 0 saturated heterocycles. The van der Waals surface area contributed by atoms with E-state index < -0.39 is 11.9 Å². The van der Waals surface area contributed by atoms with Crippen molar-refractivity contribution in [1.82, 2.24) is 4.90 Å². The van der Waals surface area contributed by atoms with Gasteiger partial charge in [-0.05, 0) is 45.4 Å². The number of para-hydroxylation sites is 1. The third kappa shape index (κ3) is 4.67. The fraction of sp³-hybridized carbons (Fsp3) is 0.333. The molecule has 0 radical (unpaired) electrons. The van der Waals surface area contributed by atoms with E-state index >= 15 is 0 Å². The number of nitrogens with zero attached hydrogens (tertiary/aromatic N) is 1. The molecule has 2 aromatic heterocycles. The molecule has 0 bridgehead atoms. The van der Waals surface area contributed by atoms with Gasteiger partial charge in [-0.2, -0.15) is 0 Å². The highest BCUT2D eigenvalue weighted by molar-refractivity contribution is 7.18. The Kier molecular flexibility index (Phi) is 7.72. The molecule has 0 saturated carbocycles. The second-order valence-corrected chi connectivity index (χ2v) is 8.30. The summed E-state index contributed by atoms with van der Waals surface area (Å²) in [5.41, 5.74) is 0.517. The van der Waals surface area contributed by atoms with E-state index in [9.17, 15) is 14.4 Å². The Morgan fingerprint density at radius 3 is 2.50 bits per heavy atom. The van der Waals surface area contributed by atoms with E-state index in [1.165, 1.54) is 13.2 Å². The van der Waals surface area contributed by atoms with Gasteiger partial charge in [-0.15, -0.1) is 11.3 Å². The molecule has 34 heavy (non-hydrogen) atoms. The van der Waals surface area contributed by atoms with Gasteiger partial charge >= 0.3 is 5.97 Å². The number of carbonyl (C=O) groups is 3. The zero-order chi connectivity index (χ0) is 25.0. The summed E-state index contributed by atoms with van der Waals surface area (Å²) in [4.78, 5) is 40.6. The maximum Gasteiger partial charge on any atom is 0.341 e. The van der Waals surface area contributed by atoms with Crippen LogP contribution in [-0.4, -0.2) is 49.5 Å². The normalized spacial score (nSPS) is 10.7. The molecule has 2 N–H and O–H groups in total. The molecule has 0 spiro atoms. The number of amides is 2. The average Bonchev–Trinajstić information content (AvgIpc) is 3.14. The fourth-order valence-corrected chi connectivity index (χ4v) is 4.71. The van der Waals surface area contributed by atoms with Crippen molar-refractivity contribution in [2.45, 2.75) is 27.7 Å². The van der Waals surface area contributed by atoms with E-state index in [0.717, 1.165) is 11.3 Å². The van der Waals surface area contributed by atoms with E-state index in [2.05, 4.69) is 5.32 Å². The summed E-state index contributed by atoms with van der Waals surface area (Å²) in [5, 5.41) is 11.7. The number of carbonyl (C=O) groups excluding carboxylic acids is 3. The van der Waals surface area contributed by atoms with Crippen LogP contribution >= 0.6 is 11.3 Å². The third-order valence-electron chi connectivity index (χ3n) is 5.31. The highest BCUT2D eigenvalue weighted by Crippen LogP contribution is 2.35. The number of benzene rings is 1. The number of rotatable bonds is 8. The first kappa shape index (κ1) is 25.0. The maximum absolute atomic E-state index is 13.1. The fourth-order valence-electron chi connectivity index (χ4n) is 3.55. The lowest BCUT2D eigenvalue weighted by molar-refractivity contribution is 0.0601. The lowest BCUT2D eigenvalue weighted by atomic mass is 10.1. The quantitative estimate of drug-likeness (QED) is 0.461. The van der Waals surface area contributed by atoms with Crippen molar-refractivity contribution >= 4 is 45.1 Å². The standard InChI is InChI=1S/C24H27N3O6S/c1-6-27(7-2)23(29)19-13(4)17(24(30)31-5)22(34-19)26-21(28)15-12-14-10-9-11-16(32-8-3)18(14)33-20(15)25/h9-12,25H,6-8H2,1-5H3,(H,26,28). The van der Waals surface area contributed by atoms with Gasteiger partial charge < -0.3 is 24.1 Å². The number of nitrogens with one attached hydrogen (secondary N) is 2. The zero-order valence-electron chi connectivity index (χ0n) is 19.7. The van der Waals surface area contributed by atoms with Crippen LogP contribution in [0.2, 0.25) is 0 Å². The summed E-state index contributed by atoms with van der Waals surface area (Å²) in [6.45, 7) is 8.65. The van der Waals surface area contributed by atoms with E-state index in [4.69, 9.17) is 19.3 Å². The van der Waals surface area contributed by atoms with Crippen LogP contribution < -0.4 is 15.6 Å². The van der Waals surface area contributed by atoms with Gasteiger partial charge in [-0.3, -0.25) is 15.0 Å². The number of anilines is 1. The van der Waals surface area contributed by atoms with Crippen LogP contribution in [0.25, 0.3) is 11.0 Å². The topological polar surface area (TPSA) is 122 Å². The predicted molar refractivity (Wildman–Crippen MR) is 129 cm³/mol. The number of esters is 1. The number of ether oxygens (including phenoxy) is 2. The minimum absolute atomic E-state index is 0.0281. The molecule has 3 rings (SSSR count). The lowest BCUT2D eigenvalue weighted by Crippen LogP contribution is -2.30. The Morgan fingerprint density at radius 2 is 1.88 bits per heavy atom. The first-order chi connectivity index (χ1) is 16.3. The monoisotopic (exact) mass is 485 g/mol. The van der Waals surface area contributed by atoms with E-state index in [1.807, 2.05) is 20.8 Å². The first-order valence-electron chi connectivity index (χ1n) is 10.8. The van der Waals surface area contributed by atoms with Crippen molar-refractivity contribution in [1.29, 1.82) is 5.41 Å². The smallest absolute Gasteiger partial charge is 0.341 e. The van der Waals surface area contributed by atoms with Gasteiger partial charge in [0.25, 0.3) is 11.8 Å². The summed E-state index contributed by atoms with van der Waals surface area (Å²) >= 11 is 1.00. The van der Waals surface area contributed by atoms with Gasteiger partial charge in [-0.25, -0.2) is 4.79 Å². The molecule has 0 unspecified atom stereocenters. The Hall–Kier alpha value is -3.66. The lowest BCUT2D eigenvalue weighted by Gasteiger charge is -2.17. The average molecular weight is 486 g/mol. The Morgan fingerprint density at radius 1 is 1.18 bits per heavy atom. The molecule has 180 valence electrons. The number of thiophene rings is 1. The molecule has 0 atom stereocenters. The molecule has 0 aliphatic rings. The summed E-state index contributed by atoms with van der Waals surface area (Å²) in [6, 6.07) is 6.75. The van der Waals surface area contributed by atoms with Crippen LogP contribution in [0.1, 0.15) is 56.7 Å². The summed E-state index contributed by atoms with van der Waals surface area (Å²) in [5.74, 6) is -1.07. The Labute approximate surface area is 200 Å². The zero-order valence-corrected chi connectivity index (χ0v) is 20.6. The number of hydrogen-bond acceptors (Lipinski definition) is 8. The van der Waals surface area contributed by atoms with Gasteiger partial charge in [-0.1, -0.05) is 12.1 Å². The van der Waals surface area contributed by atoms with Crippen LogP contribution in [0.5, 0.6) is 5.75 Å². The number of fused-ring (bicyclic) bond motifs is 1. The van der Waals surface area contributed by atoms with Crippen molar-refractivity contribution in [2.75, 3.05) is 32.1 Å². The van der Waals surface area contributed by atoms with E-state index in [1.54, 1.807) is 30.0 Å². The molecule has 0 fully saturated rings. The van der Waals surface area contributed by atoms with Gasteiger partial charge in [0.1, 0.15) is 10.6 Å². The first-order valence-corrected chi connectivity index (χ1v) is 11.6. The van der Waals surface area contributed by atoms with Crippen LogP contribution in [0.15, 0.2) is 28.7 Å². The third-order valence-corrected chi connectivity index (χ3v) is 6.51. The molecular formula is C24H27N3O6S. The Balaban J connectivity index is 2.04. The molecule has 0 aliphatic heterocycles. The molecule has 2 amide bonds. The van der Waals surface area contributed by atoms with Crippen LogP contribution in [0, 0.1) is 12.3 Å². The summed E-state index contributed by atoms with van der Waals surface area (Å²) in [6.07, 6.45) is 0. The summed E-state index contributed by atoms with van der Waals surface area (Å²) in [7, 11) is 1.23. The van der Waals surface area contributed by atoms with Gasteiger partial charge in [0.05, 0.1) is 24.2 Å². The van der Waals surface area contributed by atoms with Crippen molar-refractivity contribution < 1.29 is 28.3 Å². The number of hydrogen-bond donors (Lipinski definition) is 2. The molecule has 10 heteroatoms. The second kappa shape index (κ2) is 10.5. The van der Waals surface area contributed by atoms with Crippen molar-refractivity contribution in [3.05, 3.63) is 51.4 Å². The van der Waals surface area contributed by atoms with Crippen LogP contribution in [0.3, 0.4) is 0 Å². The molecule has 1 aromatic carbocycles. The van der Waals surface area contributed by atoms with Crippen LogP contribution in [0.4, 0.5) is 5.00 Å². The number of methoxy groups -OCH3 is 1. The highest BCUT2D eigenvalue weighted by Gasteiger charge is 2.28. The maximum atomic E-state index is 13.1. The molecule has 0 aliphatic carbocycles. The SMILES string of the molecule is CCOc1cccc2cc(C(=O)Nc3sc(C(=O)N(CC)CC)c(C)c3C(=O)OC)c(=N)oc12. The van der Waals surface area contributed by atoms with Crippen molar-refractivity contribution in [2.24, 2.45) is 0 Å². The van der Waals surface area contributed by atoms with Gasteiger partial charge in [0.15, 0.2) is 11.3 Å². The highest BCUT2D eigenvalue weighted by atomic mass is 32.1. The van der Waals surface area contributed by atoms with Gasteiger partial charge in [0, 0.05) is 18.5 Å². The molecule has 3 aromatic rings. The van der Waals surface area contributed by atoms with E-state index in [-0.39, 0.29) is 27.6 Å². The Bertz CT molecular complexity index is 1310. The molecular weight excluding hydrogens is 458 g/mol. The van der Waals surface area contributed by atoms with E-state index in [0.29, 0.717) is 46.9 Å². The van der Waals surface area contributed by atoms with Crippen LogP contribution in [-0.2, 0) is 4.74 Å². The predicted octanol–water partition coefficient (Wildman–Crippen LogP) is 4.20. The second-order valence-electron chi connectivity index (χ2n) is 7.28. The molecule has 9 nitrogen and oxygen atoms in total. The summed E-state index contributed by atoms with van der Waals surface area (Å²) < 4.78 is 16.0.